The van der Waals surface area contributed by atoms with Crippen LogP contribution in [0.25, 0.3) is 0 Å². The molecule has 0 bridgehead atoms. The van der Waals surface area contributed by atoms with Crippen molar-refractivity contribution in [2.24, 2.45) is 11.1 Å². The van der Waals surface area contributed by atoms with Crippen molar-refractivity contribution >= 4 is 5.91 Å². The molecule has 1 aliphatic rings. The number of amides is 1. The van der Waals surface area contributed by atoms with Crippen molar-refractivity contribution < 1.29 is 4.79 Å². The molecule has 3 N–H and O–H groups in total. The zero-order valence-electron chi connectivity index (χ0n) is 10.7. The van der Waals surface area contributed by atoms with Gasteiger partial charge in [-0.2, -0.15) is 0 Å². The minimum atomic E-state index is -0.0542. The highest BCUT2D eigenvalue weighted by molar-refractivity contribution is 5.93. The summed E-state index contributed by atoms with van der Waals surface area (Å²) in [7, 11) is 0. The van der Waals surface area contributed by atoms with Crippen LogP contribution in [-0.2, 0) is 0 Å². The van der Waals surface area contributed by atoms with Crippen molar-refractivity contribution in [3.05, 3.63) is 30.1 Å². The highest BCUT2D eigenvalue weighted by atomic mass is 16.1. The van der Waals surface area contributed by atoms with E-state index in [1.54, 1.807) is 24.5 Å². The number of hydrogen-bond acceptors (Lipinski definition) is 3. The van der Waals surface area contributed by atoms with Gasteiger partial charge in [-0.15, -0.1) is 0 Å². The summed E-state index contributed by atoms with van der Waals surface area (Å²) >= 11 is 0. The van der Waals surface area contributed by atoms with Crippen LogP contribution in [0.2, 0.25) is 0 Å². The maximum absolute atomic E-state index is 12.0. The van der Waals surface area contributed by atoms with E-state index in [1.165, 1.54) is 19.3 Å². The van der Waals surface area contributed by atoms with Crippen LogP contribution in [0.4, 0.5) is 0 Å². The summed E-state index contributed by atoms with van der Waals surface area (Å²) in [6.07, 6.45) is 9.23. The predicted octanol–water partition coefficient (Wildman–Crippen LogP) is 1.72. The number of carbonyl (C=O) groups excluding carboxylic acids is 1. The molecule has 1 heterocycles. The molecule has 0 aliphatic heterocycles. The van der Waals surface area contributed by atoms with Gasteiger partial charge in [0.1, 0.15) is 0 Å². The molecule has 18 heavy (non-hydrogen) atoms. The zero-order valence-corrected chi connectivity index (χ0v) is 10.7. The highest BCUT2D eigenvalue weighted by Crippen LogP contribution is 2.34. The van der Waals surface area contributed by atoms with E-state index < -0.39 is 0 Å². The molecule has 0 radical (unpaired) electrons. The van der Waals surface area contributed by atoms with Gasteiger partial charge in [0.2, 0.25) is 0 Å². The molecule has 0 atom stereocenters. The molecule has 0 unspecified atom stereocenters. The Balaban J connectivity index is 1.92. The molecule has 2 rings (SSSR count). The lowest BCUT2D eigenvalue weighted by Gasteiger charge is -2.36. The van der Waals surface area contributed by atoms with E-state index in [0.717, 1.165) is 12.8 Å². The van der Waals surface area contributed by atoms with E-state index in [1.807, 2.05) is 0 Å². The maximum atomic E-state index is 12.0. The van der Waals surface area contributed by atoms with Crippen LogP contribution in [0.15, 0.2) is 24.5 Å². The van der Waals surface area contributed by atoms with E-state index in [-0.39, 0.29) is 11.3 Å². The number of pyridine rings is 1. The number of rotatable bonds is 4. The molecule has 1 aromatic rings. The number of aromatic nitrogens is 1. The molecule has 0 aromatic carbocycles. The zero-order chi connectivity index (χ0) is 12.8. The average Bonchev–Trinajstić information content (AvgIpc) is 2.47. The Hall–Kier alpha value is -1.42. The molecule has 1 fully saturated rings. The van der Waals surface area contributed by atoms with Gasteiger partial charge >= 0.3 is 0 Å². The second-order valence-electron chi connectivity index (χ2n) is 5.19. The number of hydrogen-bond donors (Lipinski definition) is 2. The van der Waals surface area contributed by atoms with Gasteiger partial charge in [0, 0.05) is 18.9 Å². The lowest BCUT2D eigenvalue weighted by molar-refractivity contribution is 0.0913. The van der Waals surface area contributed by atoms with E-state index in [0.29, 0.717) is 18.7 Å². The molecule has 1 saturated carbocycles. The van der Waals surface area contributed by atoms with Crippen LogP contribution in [0.3, 0.4) is 0 Å². The van der Waals surface area contributed by atoms with Crippen molar-refractivity contribution in [2.75, 3.05) is 13.1 Å². The van der Waals surface area contributed by atoms with Crippen LogP contribution in [-0.4, -0.2) is 24.0 Å². The van der Waals surface area contributed by atoms with Crippen LogP contribution in [0.5, 0.6) is 0 Å². The average molecular weight is 247 g/mol. The first-order valence-electron chi connectivity index (χ1n) is 6.64. The molecular weight excluding hydrogens is 226 g/mol. The molecule has 4 heteroatoms. The van der Waals surface area contributed by atoms with E-state index >= 15 is 0 Å². The fourth-order valence-corrected chi connectivity index (χ4v) is 2.62. The summed E-state index contributed by atoms with van der Waals surface area (Å²) in [5.41, 5.74) is 6.62. The largest absolute Gasteiger partial charge is 0.351 e. The van der Waals surface area contributed by atoms with E-state index in [9.17, 15) is 4.79 Å². The van der Waals surface area contributed by atoms with Gasteiger partial charge in [-0.3, -0.25) is 9.78 Å². The Morgan fingerprint density at radius 2 is 2.17 bits per heavy atom. The number of nitrogens with zero attached hydrogens (tertiary/aromatic N) is 1. The topological polar surface area (TPSA) is 68.0 Å². The first-order chi connectivity index (χ1) is 8.76. The Kier molecular flexibility index (Phi) is 4.31. The molecule has 1 amide bonds. The van der Waals surface area contributed by atoms with Gasteiger partial charge in [0.05, 0.1) is 5.56 Å². The van der Waals surface area contributed by atoms with Gasteiger partial charge in [0.15, 0.2) is 0 Å². The maximum Gasteiger partial charge on any atom is 0.252 e. The van der Waals surface area contributed by atoms with Gasteiger partial charge < -0.3 is 11.1 Å². The van der Waals surface area contributed by atoms with Gasteiger partial charge in [-0.05, 0) is 36.9 Å². The lowest BCUT2D eigenvalue weighted by Crippen LogP contribution is -2.43. The SMILES string of the molecule is NCC1(CNC(=O)c2cccnc2)CCCCC1. The van der Waals surface area contributed by atoms with Gasteiger partial charge in [-0.1, -0.05) is 19.3 Å². The molecule has 1 aromatic heterocycles. The smallest absolute Gasteiger partial charge is 0.252 e. The minimum absolute atomic E-state index is 0.0542. The molecule has 4 nitrogen and oxygen atoms in total. The van der Waals surface area contributed by atoms with E-state index in [4.69, 9.17) is 5.73 Å². The molecule has 1 aliphatic carbocycles. The summed E-state index contributed by atoms with van der Waals surface area (Å²) in [5.74, 6) is -0.0542. The minimum Gasteiger partial charge on any atom is -0.351 e. The number of carbonyl (C=O) groups is 1. The van der Waals surface area contributed by atoms with Gasteiger partial charge in [0.25, 0.3) is 5.91 Å². The molecule has 98 valence electrons. The second-order valence-corrected chi connectivity index (χ2v) is 5.19. The number of nitrogens with two attached hydrogens (primary N) is 1. The van der Waals surface area contributed by atoms with E-state index in [2.05, 4.69) is 10.3 Å². The van der Waals surface area contributed by atoms with Gasteiger partial charge in [-0.25, -0.2) is 0 Å². The van der Waals surface area contributed by atoms with Crippen molar-refractivity contribution in [2.45, 2.75) is 32.1 Å². The standard InChI is InChI=1S/C14H21N3O/c15-10-14(6-2-1-3-7-14)11-17-13(18)12-5-4-8-16-9-12/h4-5,8-9H,1-3,6-7,10-11,15H2,(H,17,18). The molecule has 0 spiro atoms. The molecule has 0 saturated heterocycles. The Morgan fingerprint density at radius 3 is 2.78 bits per heavy atom. The second kappa shape index (κ2) is 5.96. The van der Waals surface area contributed by atoms with Crippen LogP contribution in [0.1, 0.15) is 42.5 Å². The fraction of sp³-hybridized carbons (Fsp3) is 0.571. The normalized spacial score (nSPS) is 18.3. The third-order valence-electron chi connectivity index (χ3n) is 3.89. The Labute approximate surface area is 108 Å². The Bertz CT molecular complexity index is 385. The first kappa shape index (κ1) is 13.0. The van der Waals surface area contributed by atoms with Crippen molar-refractivity contribution in [3.63, 3.8) is 0 Å². The van der Waals surface area contributed by atoms with Crippen LogP contribution < -0.4 is 11.1 Å². The highest BCUT2D eigenvalue weighted by Gasteiger charge is 2.30. The first-order valence-corrected chi connectivity index (χ1v) is 6.64. The monoisotopic (exact) mass is 247 g/mol. The van der Waals surface area contributed by atoms with Crippen molar-refractivity contribution in [1.82, 2.24) is 10.3 Å². The van der Waals surface area contributed by atoms with Crippen LogP contribution in [0, 0.1) is 5.41 Å². The lowest BCUT2D eigenvalue weighted by atomic mass is 9.74. The number of nitrogens with one attached hydrogen (secondary N) is 1. The third-order valence-corrected chi connectivity index (χ3v) is 3.89. The quantitative estimate of drug-likeness (QED) is 0.851. The summed E-state index contributed by atoms with van der Waals surface area (Å²) in [4.78, 5) is 15.9. The predicted molar refractivity (Wildman–Crippen MR) is 71.1 cm³/mol. The fourth-order valence-electron chi connectivity index (χ4n) is 2.62. The summed E-state index contributed by atoms with van der Waals surface area (Å²) in [6, 6.07) is 3.55. The van der Waals surface area contributed by atoms with Crippen molar-refractivity contribution in [3.8, 4) is 0 Å². The summed E-state index contributed by atoms with van der Waals surface area (Å²) in [6.45, 7) is 1.33. The Morgan fingerprint density at radius 1 is 1.39 bits per heavy atom. The van der Waals surface area contributed by atoms with Crippen LogP contribution >= 0.6 is 0 Å². The summed E-state index contributed by atoms with van der Waals surface area (Å²) in [5, 5.41) is 3.00. The van der Waals surface area contributed by atoms with Crippen molar-refractivity contribution in [1.29, 1.82) is 0 Å². The third kappa shape index (κ3) is 3.07. The summed E-state index contributed by atoms with van der Waals surface area (Å²) < 4.78 is 0. The molecular formula is C14H21N3O.